The Bertz CT molecular complexity index is 487. The summed E-state index contributed by atoms with van der Waals surface area (Å²) in [6.45, 7) is 1.83. The molecule has 0 saturated heterocycles. The number of hydrogen-bond acceptors (Lipinski definition) is 4. The largest absolute Gasteiger partial charge is 0.352 e. The molecule has 0 aromatic carbocycles. The molecule has 0 saturated carbocycles. The van der Waals surface area contributed by atoms with Crippen molar-refractivity contribution in [1.29, 1.82) is 0 Å². The zero-order valence-corrected chi connectivity index (χ0v) is 14.0. The van der Waals surface area contributed by atoms with Crippen LogP contribution in [-0.2, 0) is 4.79 Å². The van der Waals surface area contributed by atoms with Gasteiger partial charge in [-0.3, -0.25) is 4.79 Å². The summed E-state index contributed by atoms with van der Waals surface area (Å²) in [5.41, 5.74) is 1.24. The normalized spacial score (nSPS) is 16.6. The van der Waals surface area contributed by atoms with Crippen molar-refractivity contribution in [2.24, 2.45) is 5.18 Å². The molecule has 0 atom stereocenters. The van der Waals surface area contributed by atoms with E-state index in [-0.39, 0.29) is 5.91 Å². The molecule has 22 heavy (non-hydrogen) atoms. The molecule has 0 aromatic heterocycles. The molecule has 0 radical (unpaired) electrons. The van der Waals surface area contributed by atoms with Crippen LogP contribution >= 0.6 is 0 Å². The van der Waals surface area contributed by atoms with E-state index in [9.17, 15) is 9.70 Å². The second kappa shape index (κ2) is 8.48. The van der Waals surface area contributed by atoms with Gasteiger partial charge < -0.3 is 14.7 Å². The molecule has 6 nitrogen and oxygen atoms in total. The Morgan fingerprint density at radius 1 is 1.27 bits per heavy atom. The number of carbonyl (C=O) groups is 1. The summed E-state index contributed by atoms with van der Waals surface area (Å²) in [7, 11) is 8.33. The van der Waals surface area contributed by atoms with Gasteiger partial charge in [0.15, 0.2) is 0 Å². The van der Waals surface area contributed by atoms with Crippen LogP contribution < -0.4 is 5.32 Å². The Morgan fingerprint density at radius 2 is 2.00 bits per heavy atom. The van der Waals surface area contributed by atoms with Gasteiger partial charge in [-0.1, -0.05) is 0 Å². The fourth-order valence-corrected chi connectivity index (χ4v) is 2.13. The first-order valence-electron chi connectivity index (χ1n) is 7.57. The number of likely N-dealkylation sites (N-methyl/N-ethyl adjacent to an activating group) is 1. The van der Waals surface area contributed by atoms with Crippen LogP contribution in [0, 0.1) is 4.91 Å². The number of nitrogens with one attached hydrogen (secondary N) is 1. The minimum atomic E-state index is -0.0900. The molecule has 1 aliphatic rings. The Kier molecular flexibility index (Phi) is 6.98. The Balaban J connectivity index is 2.29. The van der Waals surface area contributed by atoms with Gasteiger partial charge in [-0.05, 0) is 36.6 Å². The van der Waals surface area contributed by atoms with Gasteiger partial charge >= 0.3 is 0 Å². The molecular formula is C16H27N4O2+. The number of rotatable bonds is 8. The van der Waals surface area contributed by atoms with Crippen molar-refractivity contribution in [1.82, 2.24) is 10.2 Å². The molecule has 0 spiro atoms. The number of allylic oxidation sites excluding steroid dienone is 1. The average Bonchev–Trinajstić information content (AvgIpc) is 2.43. The summed E-state index contributed by atoms with van der Waals surface area (Å²) in [4.78, 5) is 24.0. The number of amides is 1. The van der Waals surface area contributed by atoms with E-state index in [0.29, 0.717) is 17.8 Å². The Labute approximate surface area is 132 Å². The minimum Gasteiger partial charge on any atom is -0.352 e. The minimum absolute atomic E-state index is 0.0900. The molecule has 1 rings (SSSR count). The van der Waals surface area contributed by atoms with Gasteiger partial charge in [0.05, 0.1) is 45.2 Å². The SMILES string of the molecule is CN1C=C(C(=O)NCCCCC[N+](C)(C)C)C=C/C1=C\N=O. The number of carbonyl (C=O) groups excluding carboxylic acids is 1. The Hall–Kier alpha value is -1.95. The summed E-state index contributed by atoms with van der Waals surface area (Å²) in [6, 6.07) is 0. The van der Waals surface area contributed by atoms with E-state index in [1.807, 2.05) is 0 Å². The van der Waals surface area contributed by atoms with Crippen molar-refractivity contribution in [2.45, 2.75) is 19.3 Å². The van der Waals surface area contributed by atoms with Crippen LogP contribution in [0.4, 0.5) is 0 Å². The lowest BCUT2D eigenvalue weighted by Crippen LogP contribution is -2.35. The quantitative estimate of drug-likeness (QED) is 0.424. The van der Waals surface area contributed by atoms with Gasteiger partial charge in [0.2, 0.25) is 0 Å². The van der Waals surface area contributed by atoms with Crippen LogP contribution in [0.15, 0.2) is 41.0 Å². The third-order valence-electron chi connectivity index (χ3n) is 3.41. The van der Waals surface area contributed by atoms with E-state index >= 15 is 0 Å². The highest BCUT2D eigenvalue weighted by Crippen LogP contribution is 2.15. The first-order valence-corrected chi connectivity index (χ1v) is 7.57. The molecule has 122 valence electrons. The highest BCUT2D eigenvalue weighted by molar-refractivity contribution is 5.96. The zero-order chi connectivity index (χ0) is 16.6. The third kappa shape index (κ3) is 6.67. The summed E-state index contributed by atoms with van der Waals surface area (Å²) >= 11 is 0. The average molecular weight is 307 g/mol. The van der Waals surface area contributed by atoms with E-state index < -0.39 is 0 Å². The lowest BCUT2D eigenvalue weighted by molar-refractivity contribution is -0.870. The van der Waals surface area contributed by atoms with Crippen LogP contribution in [-0.4, -0.2) is 56.6 Å². The van der Waals surface area contributed by atoms with Crippen molar-refractivity contribution >= 4 is 5.91 Å². The predicted octanol–water partition coefficient (Wildman–Crippen LogP) is 1.97. The Morgan fingerprint density at radius 3 is 2.59 bits per heavy atom. The molecule has 1 aliphatic heterocycles. The van der Waals surface area contributed by atoms with E-state index in [0.717, 1.165) is 30.3 Å². The third-order valence-corrected chi connectivity index (χ3v) is 3.41. The van der Waals surface area contributed by atoms with Gasteiger partial charge in [-0.2, -0.15) is 0 Å². The number of hydrogen-bond donors (Lipinski definition) is 1. The van der Waals surface area contributed by atoms with Crippen molar-refractivity contribution in [3.8, 4) is 0 Å². The van der Waals surface area contributed by atoms with Gasteiger partial charge in [0.1, 0.15) is 0 Å². The highest BCUT2D eigenvalue weighted by Gasteiger charge is 2.13. The van der Waals surface area contributed by atoms with Crippen molar-refractivity contribution in [3.63, 3.8) is 0 Å². The van der Waals surface area contributed by atoms with Crippen molar-refractivity contribution in [3.05, 3.63) is 40.7 Å². The summed E-state index contributed by atoms with van der Waals surface area (Å²) in [5.74, 6) is -0.0900. The predicted molar refractivity (Wildman–Crippen MR) is 88.6 cm³/mol. The lowest BCUT2D eigenvalue weighted by Gasteiger charge is -2.23. The maximum Gasteiger partial charge on any atom is 0.252 e. The topological polar surface area (TPSA) is 61.8 Å². The van der Waals surface area contributed by atoms with Gasteiger partial charge in [0, 0.05) is 19.8 Å². The maximum atomic E-state index is 12.0. The smallest absolute Gasteiger partial charge is 0.252 e. The van der Waals surface area contributed by atoms with Crippen LogP contribution in [0.2, 0.25) is 0 Å². The number of nitrogens with zero attached hydrogens (tertiary/aromatic N) is 3. The van der Waals surface area contributed by atoms with Crippen molar-refractivity contribution < 1.29 is 9.28 Å². The number of quaternary nitrogens is 1. The van der Waals surface area contributed by atoms with Gasteiger partial charge in [-0.15, -0.1) is 4.91 Å². The standard InChI is InChI=1S/C16H26N4O2/c1-19-13-14(8-9-15(19)12-18-22)16(21)17-10-6-5-7-11-20(2,3)4/h8-9,12-13H,5-7,10-11H2,1-4H3/p+1/b15-12+. The van der Waals surface area contributed by atoms with E-state index in [2.05, 4.69) is 31.6 Å². The highest BCUT2D eigenvalue weighted by atomic mass is 16.2. The fourth-order valence-electron chi connectivity index (χ4n) is 2.13. The first kappa shape index (κ1) is 18.1. The molecule has 1 heterocycles. The molecule has 1 amide bonds. The zero-order valence-electron chi connectivity index (χ0n) is 14.0. The molecule has 0 aliphatic carbocycles. The van der Waals surface area contributed by atoms with Crippen LogP contribution in [0.5, 0.6) is 0 Å². The summed E-state index contributed by atoms with van der Waals surface area (Å²) in [5, 5.41) is 5.66. The second-order valence-electron chi connectivity index (χ2n) is 6.52. The van der Waals surface area contributed by atoms with Gasteiger partial charge in [0.25, 0.3) is 5.91 Å². The molecule has 1 N–H and O–H groups in total. The second-order valence-corrected chi connectivity index (χ2v) is 6.52. The molecule has 0 bridgehead atoms. The van der Waals surface area contributed by atoms with E-state index in [1.165, 1.54) is 6.20 Å². The van der Waals surface area contributed by atoms with Crippen LogP contribution in [0.25, 0.3) is 0 Å². The monoisotopic (exact) mass is 307 g/mol. The van der Waals surface area contributed by atoms with Crippen LogP contribution in [0.3, 0.4) is 0 Å². The van der Waals surface area contributed by atoms with Gasteiger partial charge in [-0.25, -0.2) is 0 Å². The lowest BCUT2D eigenvalue weighted by atomic mass is 10.1. The maximum absolute atomic E-state index is 12.0. The number of unbranched alkanes of at least 4 members (excludes halogenated alkanes) is 2. The van der Waals surface area contributed by atoms with E-state index in [4.69, 9.17) is 0 Å². The summed E-state index contributed by atoms with van der Waals surface area (Å²) < 4.78 is 0.974. The fraction of sp³-hybridized carbons (Fsp3) is 0.562. The van der Waals surface area contributed by atoms with Crippen molar-refractivity contribution in [2.75, 3.05) is 41.3 Å². The van der Waals surface area contributed by atoms with E-state index in [1.54, 1.807) is 30.3 Å². The number of nitroso groups, excluding NO2 is 1. The molecule has 6 heteroatoms. The molecule has 0 fully saturated rings. The van der Waals surface area contributed by atoms with Crippen LogP contribution in [0.1, 0.15) is 19.3 Å². The summed E-state index contributed by atoms with van der Waals surface area (Å²) in [6.07, 6.45) is 9.58. The molecule has 0 unspecified atom stereocenters. The molecule has 0 aromatic rings. The molecular weight excluding hydrogens is 280 g/mol. The first-order chi connectivity index (χ1) is 10.3.